The molecule has 3 heterocycles. The molecule has 1 aliphatic heterocycles. The van der Waals surface area contributed by atoms with Crippen molar-refractivity contribution >= 4 is 5.91 Å². The standard InChI is InChI=1S/C26H30N4O/c1-2-13-30-15-14-29(20-25-10-3-4-12-28-25)19-24(26(30)31)17-21-7-5-8-22(16-21)23-9-6-11-27-18-23/h3-12,16,18,24H,2,13-15,17,19-20H2,1H3/t24-/m1/s1. The van der Waals surface area contributed by atoms with Crippen molar-refractivity contribution in [2.45, 2.75) is 26.3 Å². The van der Waals surface area contributed by atoms with Gasteiger partial charge in [-0.25, -0.2) is 0 Å². The number of amides is 1. The van der Waals surface area contributed by atoms with Crippen molar-refractivity contribution in [1.29, 1.82) is 0 Å². The molecule has 0 bridgehead atoms. The van der Waals surface area contributed by atoms with Gasteiger partial charge in [-0.05, 0) is 47.7 Å². The van der Waals surface area contributed by atoms with E-state index in [-0.39, 0.29) is 11.8 Å². The minimum absolute atomic E-state index is 0.0538. The first kappa shape index (κ1) is 21.2. The predicted molar refractivity (Wildman–Crippen MR) is 123 cm³/mol. The number of carbonyl (C=O) groups is 1. The van der Waals surface area contributed by atoms with Gasteiger partial charge in [0.2, 0.25) is 5.91 Å². The van der Waals surface area contributed by atoms with Crippen LogP contribution in [-0.2, 0) is 17.8 Å². The molecule has 4 rings (SSSR count). The summed E-state index contributed by atoms with van der Waals surface area (Å²) >= 11 is 0. The third-order valence-electron chi connectivity index (χ3n) is 5.83. The van der Waals surface area contributed by atoms with E-state index in [9.17, 15) is 4.79 Å². The van der Waals surface area contributed by atoms with E-state index >= 15 is 0 Å². The van der Waals surface area contributed by atoms with E-state index in [1.807, 2.05) is 35.5 Å². The molecule has 0 aliphatic carbocycles. The quantitative estimate of drug-likeness (QED) is 0.585. The zero-order chi connectivity index (χ0) is 21.5. The third kappa shape index (κ3) is 5.56. The van der Waals surface area contributed by atoms with Crippen molar-refractivity contribution in [1.82, 2.24) is 19.8 Å². The Labute approximate surface area is 184 Å². The SMILES string of the molecule is CCCN1CCN(Cc2ccccn2)C[C@@H](Cc2cccc(-c3cccnc3)c2)C1=O. The maximum atomic E-state index is 13.4. The zero-order valence-corrected chi connectivity index (χ0v) is 18.2. The number of pyridine rings is 2. The molecule has 0 unspecified atom stereocenters. The topological polar surface area (TPSA) is 49.3 Å². The van der Waals surface area contributed by atoms with Crippen molar-refractivity contribution in [3.05, 3.63) is 84.4 Å². The average molecular weight is 415 g/mol. The zero-order valence-electron chi connectivity index (χ0n) is 18.2. The molecule has 3 aromatic rings. The summed E-state index contributed by atoms with van der Waals surface area (Å²) in [5, 5.41) is 0. The van der Waals surface area contributed by atoms with E-state index < -0.39 is 0 Å². The molecule has 0 radical (unpaired) electrons. The van der Waals surface area contributed by atoms with Crippen LogP contribution in [0.5, 0.6) is 0 Å². The summed E-state index contributed by atoms with van der Waals surface area (Å²) in [6.07, 6.45) is 7.23. The first-order chi connectivity index (χ1) is 15.2. The molecule has 1 saturated heterocycles. The van der Waals surface area contributed by atoms with Crippen LogP contribution in [0.2, 0.25) is 0 Å². The number of nitrogens with zero attached hydrogens (tertiary/aromatic N) is 4. The highest BCUT2D eigenvalue weighted by atomic mass is 16.2. The van der Waals surface area contributed by atoms with Crippen molar-refractivity contribution in [2.75, 3.05) is 26.2 Å². The largest absolute Gasteiger partial charge is 0.341 e. The lowest BCUT2D eigenvalue weighted by molar-refractivity contribution is -0.134. The Bertz CT molecular complexity index is 977. The van der Waals surface area contributed by atoms with Gasteiger partial charge in [-0.2, -0.15) is 0 Å². The minimum atomic E-state index is -0.0538. The Balaban J connectivity index is 1.54. The molecule has 1 atom stereocenters. The Morgan fingerprint density at radius 3 is 2.68 bits per heavy atom. The number of carbonyl (C=O) groups excluding carboxylic acids is 1. The Hall–Kier alpha value is -3.05. The summed E-state index contributed by atoms with van der Waals surface area (Å²) in [5.41, 5.74) is 4.48. The van der Waals surface area contributed by atoms with Crippen LogP contribution in [0.25, 0.3) is 11.1 Å². The number of benzene rings is 1. The van der Waals surface area contributed by atoms with Gasteiger partial charge in [0.1, 0.15) is 0 Å². The molecule has 0 N–H and O–H groups in total. The van der Waals surface area contributed by atoms with Gasteiger partial charge in [0.15, 0.2) is 0 Å². The molecule has 0 spiro atoms. The van der Waals surface area contributed by atoms with E-state index in [0.29, 0.717) is 0 Å². The summed E-state index contributed by atoms with van der Waals surface area (Å²) in [5.74, 6) is 0.221. The molecule has 2 aromatic heterocycles. The summed E-state index contributed by atoms with van der Waals surface area (Å²) < 4.78 is 0. The number of aromatic nitrogens is 2. The fourth-order valence-electron chi connectivity index (χ4n) is 4.32. The van der Waals surface area contributed by atoms with Gasteiger partial charge >= 0.3 is 0 Å². The third-order valence-corrected chi connectivity index (χ3v) is 5.83. The van der Waals surface area contributed by atoms with Crippen LogP contribution in [0.3, 0.4) is 0 Å². The first-order valence-electron chi connectivity index (χ1n) is 11.1. The second kappa shape index (κ2) is 10.3. The molecule has 1 fully saturated rings. The summed E-state index contributed by atoms with van der Waals surface area (Å²) in [4.78, 5) is 26.5. The fraction of sp³-hybridized carbons (Fsp3) is 0.346. The smallest absolute Gasteiger partial charge is 0.227 e. The van der Waals surface area contributed by atoms with Crippen molar-refractivity contribution in [3.8, 4) is 11.1 Å². The van der Waals surface area contributed by atoms with Gasteiger partial charge < -0.3 is 4.90 Å². The van der Waals surface area contributed by atoms with Crippen molar-refractivity contribution in [3.63, 3.8) is 0 Å². The van der Waals surface area contributed by atoms with Crippen molar-refractivity contribution in [2.24, 2.45) is 5.92 Å². The fourth-order valence-corrected chi connectivity index (χ4v) is 4.32. The molecule has 31 heavy (non-hydrogen) atoms. The lowest BCUT2D eigenvalue weighted by atomic mass is 9.95. The van der Waals surface area contributed by atoms with Gasteiger partial charge in [-0.1, -0.05) is 43.3 Å². The van der Waals surface area contributed by atoms with E-state index in [4.69, 9.17) is 0 Å². The molecule has 0 saturated carbocycles. The highest BCUT2D eigenvalue weighted by molar-refractivity contribution is 5.80. The Kier molecular flexibility index (Phi) is 7.05. The van der Waals surface area contributed by atoms with E-state index in [1.165, 1.54) is 5.56 Å². The molecule has 1 aliphatic rings. The van der Waals surface area contributed by atoms with Gasteiger partial charge in [-0.3, -0.25) is 19.7 Å². The summed E-state index contributed by atoms with van der Waals surface area (Å²) in [6, 6.07) is 18.6. The van der Waals surface area contributed by atoms with Crippen LogP contribution in [-0.4, -0.2) is 51.9 Å². The second-order valence-electron chi connectivity index (χ2n) is 8.22. The van der Waals surface area contributed by atoms with Gasteiger partial charge in [0.25, 0.3) is 0 Å². The van der Waals surface area contributed by atoms with Gasteiger partial charge in [-0.15, -0.1) is 0 Å². The van der Waals surface area contributed by atoms with E-state index in [0.717, 1.165) is 62.4 Å². The van der Waals surface area contributed by atoms with Crippen LogP contribution < -0.4 is 0 Å². The molecule has 5 heteroatoms. The summed E-state index contributed by atoms with van der Waals surface area (Å²) in [7, 11) is 0. The Morgan fingerprint density at radius 1 is 1.00 bits per heavy atom. The monoisotopic (exact) mass is 414 g/mol. The van der Waals surface area contributed by atoms with Crippen LogP contribution in [0.15, 0.2) is 73.2 Å². The van der Waals surface area contributed by atoms with Gasteiger partial charge in [0.05, 0.1) is 11.6 Å². The van der Waals surface area contributed by atoms with Crippen LogP contribution >= 0.6 is 0 Å². The minimum Gasteiger partial charge on any atom is -0.341 e. The molecule has 160 valence electrons. The number of hydrogen-bond acceptors (Lipinski definition) is 4. The molecular weight excluding hydrogens is 384 g/mol. The lowest BCUT2D eigenvalue weighted by Gasteiger charge is -2.24. The number of rotatable bonds is 7. The number of hydrogen-bond donors (Lipinski definition) is 0. The maximum Gasteiger partial charge on any atom is 0.227 e. The highest BCUT2D eigenvalue weighted by Gasteiger charge is 2.30. The van der Waals surface area contributed by atoms with E-state index in [1.54, 1.807) is 6.20 Å². The molecule has 1 amide bonds. The summed E-state index contributed by atoms with van der Waals surface area (Å²) in [6.45, 7) is 6.16. The lowest BCUT2D eigenvalue weighted by Crippen LogP contribution is -2.37. The predicted octanol–water partition coefficient (Wildman–Crippen LogP) is 4.06. The Morgan fingerprint density at radius 2 is 1.90 bits per heavy atom. The second-order valence-corrected chi connectivity index (χ2v) is 8.22. The maximum absolute atomic E-state index is 13.4. The molecular formula is C26H30N4O. The average Bonchev–Trinajstić information content (AvgIpc) is 2.95. The first-order valence-corrected chi connectivity index (χ1v) is 11.1. The van der Waals surface area contributed by atoms with Crippen LogP contribution in [0, 0.1) is 5.92 Å². The van der Waals surface area contributed by atoms with Gasteiger partial charge in [0, 0.05) is 51.3 Å². The normalized spacial score (nSPS) is 17.5. The van der Waals surface area contributed by atoms with Crippen molar-refractivity contribution < 1.29 is 4.79 Å². The molecule has 5 nitrogen and oxygen atoms in total. The van der Waals surface area contributed by atoms with E-state index in [2.05, 4.69) is 58.2 Å². The highest BCUT2D eigenvalue weighted by Crippen LogP contribution is 2.23. The molecule has 1 aromatic carbocycles. The van der Waals surface area contributed by atoms with Crippen LogP contribution in [0.1, 0.15) is 24.6 Å². The van der Waals surface area contributed by atoms with Crippen LogP contribution in [0.4, 0.5) is 0 Å².